The van der Waals surface area contributed by atoms with Crippen LogP contribution in [-0.2, 0) is 6.54 Å². The Labute approximate surface area is 129 Å². The van der Waals surface area contributed by atoms with Crippen molar-refractivity contribution in [1.82, 2.24) is 10.2 Å². The molecular weight excluding hydrogens is 290 g/mol. The monoisotopic (exact) mass is 312 g/mol. The van der Waals surface area contributed by atoms with Crippen molar-refractivity contribution in [1.29, 1.82) is 0 Å². The van der Waals surface area contributed by atoms with Crippen molar-refractivity contribution in [2.24, 2.45) is 11.8 Å². The summed E-state index contributed by atoms with van der Waals surface area (Å²) in [5, 5.41) is 3.46. The highest BCUT2D eigenvalue weighted by molar-refractivity contribution is 5.43. The van der Waals surface area contributed by atoms with Gasteiger partial charge in [0.25, 0.3) is 0 Å². The molecule has 0 saturated carbocycles. The Morgan fingerprint density at radius 3 is 2.86 bits per heavy atom. The van der Waals surface area contributed by atoms with Crippen LogP contribution in [0.15, 0.2) is 18.2 Å². The fourth-order valence-corrected chi connectivity index (χ4v) is 3.52. The number of hydrogen-bond acceptors (Lipinski definition) is 4. The Kier molecular flexibility index (Phi) is 4.78. The Bertz CT molecular complexity index is 513. The Morgan fingerprint density at radius 1 is 1.27 bits per heavy atom. The number of hydrogen-bond donors (Lipinski definition) is 1. The molecule has 22 heavy (non-hydrogen) atoms. The summed E-state index contributed by atoms with van der Waals surface area (Å²) in [7, 11) is 1.47. The largest absolute Gasteiger partial charge is 0.493 e. The number of alkyl halides is 2. The third-order valence-corrected chi connectivity index (χ3v) is 4.64. The zero-order valence-electron chi connectivity index (χ0n) is 12.7. The van der Waals surface area contributed by atoms with E-state index in [0.29, 0.717) is 5.75 Å². The average molecular weight is 312 g/mol. The van der Waals surface area contributed by atoms with Gasteiger partial charge in [0.2, 0.25) is 0 Å². The zero-order chi connectivity index (χ0) is 15.5. The van der Waals surface area contributed by atoms with Gasteiger partial charge >= 0.3 is 6.61 Å². The lowest BCUT2D eigenvalue weighted by Crippen LogP contribution is -2.39. The van der Waals surface area contributed by atoms with Crippen molar-refractivity contribution in [3.05, 3.63) is 23.8 Å². The lowest BCUT2D eigenvalue weighted by molar-refractivity contribution is -0.0512. The van der Waals surface area contributed by atoms with E-state index in [0.717, 1.165) is 50.1 Å². The first kappa shape index (κ1) is 15.5. The number of nitrogens with one attached hydrogen (secondary N) is 1. The molecule has 4 nitrogen and oxygen atoms in total. The molecular formula is C16H22F2N2O2. The van der Waals surface area contributed by atoms with Crippen LogP contribution in [-0.4, -0.2) is 44.8 Å². The molecule has 2 aliphatic heterocycles. The smallest absolute Gasteiger partial charge is 0.387 e. The molecule has 1 aromatic rings. The number of methoxy groups -OCH3 is 1. The predicted molar refractivity (Wildman–Crippen MR) is 79.4 cm³/mol. The molecule has 0 amide bonds. The van der Waals surface area contributed by atoms with E-state index >= 15 is 0 Å². The fourth-order valence-electron chi connectivity index (χ4n) is 3.52. The molecule has 2 saturated heterocycles. The van der Waals surface area contributed by atoms with Gasteiger partial charge in [0, 0.05) is 13.1 Å². The minimum Gasteiger partial charge on any atom is -0.493 e. The maximum atomic E-state index is 12.3. The quantitative estimate of drug-likeness (QED) is 0.905. The standard InChI is InChI=1S/C16H22F2N2O2/c1-21-15-6-11(2-3-14(15)22-16(17)18)9-20-5-4-12-7-19-8-13(12)10-20/h2-3,6,12-13,16,19H,4-5,7-10H2,1H3. The summed E-state index contributed by atoms with van der Waals surface area (Å²) in [4.78, 5) is 2.43. The highest BCUT2D eigenvalue weighted by Gasteiger charge is 2.32. The summed E-state index contributed by atoms with van der Waals surface area (Å²) in [6.45, 7) is 2.40. The van der Waals surface area contributed by atoms with Crippen LogP contribution < -0.4 is 14.8 Å². The van der Waals surface area contributed by atoms with E-state index in [1.807, 2.05) is 6.07 Å². The van der Waals surface area contributed by atoms with Crippen molar-refractivity contribution in [3.8, 4) is 11.5 Å². The van der Waals surface area contributed by atoms with Crippen molar-refractivity contribution in [2.75, 3.05) is 33.3 Å². The predicted octanol–water partition coefficient (Wildman–Crippen LogP) is 2.34. The van der Waals surface area contributed by atoms with Crippen LogP contribution in [0.4, 0.5) is 8.78 Å². The first-order valence-electron chi connectivity index (χ1n) is 7.70. The molecule has 0 aromatic heterocycles. The first-order valence-corrected chi connectivity index (χ1v) is 7.70. The van der Waals surface area contributed by atoms with E-state index in [-0.39, 0.29) is 5.75 Å². The zero-order valence-corrected chi connectivity index (χ0v) is 12.7. The minimum atomic E-state index is -2.84. The third-order valence-electron chi connectivity index (χ3n) is 4.64. The van der Waals surface area contributed by atoms with Gasteiger partial charge in [0.05, 0.1) is 7.11 Å². The molecule has 2 atom stereocenters. The van der Waals surface area contributed by atoms with Gasteiger partial charge < -0.3 is 14.8 Å². The van der Waals surface area contributed by atoms with Crippen LogP contribution in [0, 0.1) is 11.8 Å². The molecule has 1 N–H and O–H groups in total. The molecule has 6 heteroatoms. The van der Waals surface area contributed by atoms with E-state index in [9.17, 15) is 8.78 Å². The van der Waals surface area contributed by atoms with E-state index < -0.39 is 6.61 Å². The molecule has 1 aromatic carbocycles. The number of piperidine rings is 1. The number of halogens is 2. The van der Waals surface area contributed by atoms with Crippen molar-refractivity contribution >= 4 is 0 Å². The average Bonchev–Trinajstić information content (AvgIpc) is 2.96. The number of likely N-dealkylation sites (tertiary alicyclic amines) is 1. The van der Waals surface area contributed by atoms with Gasteiger partial charge in [-0.3, -0.25) is 4.90 Å². The number of fused-ring (bicyclic) bond motifs is 1. The van der Waals surface area contributed by atoms with Crippen LogP contribution in [0.2, 0.25) is 0 Å². The number of rotatable bonds is 5. The summed E-state index contributed by atoms with van der Waals surface area (Å²) in [6, 6.07) is 5.18. The summed E-state index contributed by atoms with van der Waals surface area (Å²) in [5.41, 5.74) is 1.06. The Morgan fingerprint density at radius 2 is 2.09 bits per heavy atom. The SMILES string of the molecule is COc1cc(CN2CCC3CNCC3C2)ccc1OC(F)F. The second-order valence-electron chi connectivity index (χ2n) is 6.07. The lowest BCUT2D eigenvalue weighted by Gasteiger charge is -2.34. The molecule has 0 bridgehead atoms. The molecule has 2 fully saturated rings. The second-order valence-corrected chi connectivity index (χ2v) is 6.07. The maximum Gasteiger partial charge on any atom is 0.387 e. The molecule has 0 spiro atoms. The van der Waals surface area contributed by atoms with Crippen LogP contribution in [0.1, 0.15) is 12.0 Å². The maximum absolute atomic E-state index is 12.3. The van der Waals surface area contributed by atoms with Gasteiger partial charge in [0.15, 0.2) is 11.5 Å². The summed E-state index contributed by atoms with van der Waals surface area (Å²) in [5.74, 6) is 1.99. The molecule has 2 unspecified atom stereocenters. The van der Waals surface area contributed by atoms with Gasteiger partial charge in [-0.2, -0.15) is 8.78 Å². The molecule has 3 rings (SSSR count). The summed E-state index contributed by atoms with van der Waals surface area (Å²) in [6.07, 6.45) is 1.22. The van der Waals surface area contributed by atoms with Gasteiger partial charge in [0.1, 0.15) is 0 Å². The topological polar surface area (TPSA) is 33.7 Å². The van der Waals surface area contributed by atoms with Gasteiger partial charge in [-0.15, -0.1) is 0 Å². The minimum absolute atomic E-state index is 0.0833. The highest BCUT2D eigenvalue weighted by atomic mass is 19.3. The molecule has 2 aliphatic rings. The van der Waals surface area contributed by atoms with E-state index in [2.05, 4.69) is 15.0 Å². The summed E-state index contributed by atoms with van der Waals surface area (Å²) < 4.78 is 34.3. The van der Waals surface area contributed by atoms with Gasteiger partial charge in [-0.25, -0.2) is 0 Å². The molecule has 122 valence electrons. The molecule has 0 aliphatic carbocycles. The number of benzene rings is 1. The number of nitrogens with zero attached hydrogens (tertiary/aromatic N) is 1. The van der Waals surface area contributed by atoms with Crippen LogP contribution in [0.25, 0.3) is 0 Å². The third kappa shape index (κ3) is 3.50. The van der Waals surface area contributed by atoms with Crippen LogP contribution in [0.3, 0.4) is 0 Å². The summed E-state index contributed by atoms with van der Waals surface area (Å²) >= 11 is 0. The normalized spacial score (nSPS) is 25.3. The van der Waals surface area contributed by atoms with Crippen molar-refractivity contribution < 1.29 is 18.3 Å². The highest BCUT2D eigenvalue weighted by Crippen LogP contribution is 2.31. The lowest BCUT2D eigenvalue weighted by atomic mass is 9.88. The number of ether oxygens (including phenoxy) is 2. The Hall–Kier alpha value is -1.40. The fraction of sp³-hybridized carbons (Fsp3) is 0.625. The second kappa shape index (κ2) is 6.79. The van der Waals surface area contributed by atoms with E-state index in [1.165, 1.54) is 13.5 Å². The first-order chi connectivity index (χ1) is 10.7. The van der Waals surface area contributed by atoms with Crippen LogP contribution >= 0.6 is 0 Å². The molecule has 2 heterocycles. The van der Waals surface area contributed by atoms with Crippen molar-refractivity contribution in [3.63, 3.8) is 0 Å². The van der Waals surface area contributed by atoms with E-state index in [4.69, 9.17) is 4.74 Å². The van der Waals surface area contributed by atoms with Gasteiger partial charge in [-0.1, -0.05) is 6.07 Å². The Balaban J connectivity index is 1.64. The van der Waals surface area contributed by atoms with Crippen LogP contribution in [0.5, 0.6) is 11.5 Å². The molecule has 0 radical (unpaired) electrons. The van der Waals surface area contributed by atoms with E-state index in [1.54, 1.807) is 12.1 Å². The van der Waals surface area contributed by atoms with Gasteiger partial charge in [-0.05, 0) is 55.6 Å². The van der Waals surface area contributed by atoms with Crippen molar-refractivity contribution in [2.45, 2.75) is 19.6 Å².